The van der Waals surface area contributed by atoms with E-state index in [-0.39, 0.29) is 30.6 Å². The first-order chi connectivity index (χ1) is 9.61. The molecule has 0 atom stereocenters. The molecule has 3 rings (SSSR count). The third-order valence-electron chi connectivity index (χ3n) is 2.89. The molecule has 0 unspecified atom stereocenters. The molecule has 1 aromatic heterocycles. The van der Waals surface area contributed by atoms with Crippen molar-refractivity contribution in [2.75, 3.05) is 0 Å². The molecule has 0 radical (unpaired) electrons. The molecule has 2 aromatic carbocycles. The summed E-state index contributed by atoms with van der Waals surface area (Å²) in [7, 11) is 0. The number of aromatic nitrogens is 2. The van der Waals surface area contributed by atoms with Crippen LogP contribution in [-0.4, -0.2) is 15.8 Å². The number of aromatic amines is 1. The SMILES string of the molecule is CC(N)=Nc1ccc2nc(-c3ccc(F)cc3)[nH]c2c1.Cl.Cl. The number of fused-ring (bicyclic) bond motifs is 1. The fourth-order valence-corrected chi connectivity index (χ4v) is 2.02. The largest absolute Gasteiger partial charge is 0.387 e. The number of amidine groups is 1. The maximum Gasteiger partial charge on any atom is 0.138 e. The zero-order valence-corrected chi connectivity index (χ0v) is 13.3. The van der Waals surface area contributed by atoms with Crippen LogP contribution in [0.5, 0.6) is 0 Å². The summed E-state index contributed by atoms with van der Waals surface area (Å²) >= 11 is 0. The van der Waals surface area contributed by atoms with Gasteiger partial charge in [0.2, 0.25) is 0 Å². The molecular formula is C15H15Cl2FN4. The van der Waals surface area contributed by atoms with Crippen molar-refractivity contribution in [3.63, 3.8) is 0 Å². The number of hydrogen-bond donors (Lipinski definition) is 2. The Hall–Kier alpha value is -2.11. The van der Waals surface area contributed by atoms with E-state index in [2.05, 4.69) is 15.0 Å². The Balaban J connectivity index is 0.00000121. The maximum absolute atomic E-state index is 12.9. The first kappa shape index (κ1) is 17.9. The fourth-order valence-electron chi connectivity index (χ4n) is 2.02. The second-order valence-corrected chi connectivity index (χ2v) is 4.55. The minimum atomic E-state index is -0.264. The third-order valence-corrected chi connectivity index (χ3v) is 2.89. The number of aliphatic imine (C=N–C) groups is 1. The molecule has 0 spiro atoms. The van der Waals surface area contributed by atoms with Crippen molar-refractivity contribution < 1.29 is 4.39 Å². The summed E-state index contributed by atoms with van der Waals surface area (Å²) in [6.07, 6.45) is 0. The lowest BCUT2D eigenvalue weighted by atomic mass is 10.2. The van der Waals surface area contributed by atoms with Gasteiger partial charge in [-0.1, -0.05) is 0 Å². The normalized spacial score (nSPS) is 10.9. The van der Waals surface area contributed by atoms with Gasteiger partial charge in [0.25, 0.3) is 0 Å². The predicted octanol–water partition coefficient (Wildman–Crippen LogP) is 4.22. The van der Waals surface area contributed by atoms with Gasteiger partial charge >= 0.3 is 0 Å². The van der Waals surface area contributed by atoms with Gasteiger partial charge in [0.05, 0.1) is 22.6 Å². The van der Waals surface area contributed by atoms with Crippen molar-refractivity contribution in [3.05, 3.63) is 48.3 Å². The van der Waals surface area contributed by atoms with Gasteiger partial charge in [-0.15, -0.1) is 24.8 Å². The van der Waals surface area contributed by atoms with Gasteiger partial charge in [0.1, 0.15) is 11.6 Å². The highest BCUT2D eigenvalue weighted by molar-refractivity contribution is 5.86. The number of hydrogen-bond acceptors (Lipinski definition) is 2. The Morgan fingerprint density at radius 2 is 1.82 bits per heavy atom. The lowest BCUT2D eigenvalue weighted by Gasteiger charge is -1.95. The highest BCUT2D eigenvalue weighted by Crippen LogP contribution is 2.24. The molecule has 0 saturated heterocycles. The van der Waals surface area contributed by atoms with E-state index in [1.54, 1.807) is 19.1 Å². The molecule has 0 amide bonds. The van der Waals surface area contributed by atoms with Crippen LogP contribution in [0.15, 0.2) is 47.5 Å². The number of imidazole rings is 1. The molecule has 0 aliphatic carbocycles. The number of nitrogens with zero attached hydrogens (tertiary/aromatic N) is 2. The van der Waals surface area contributed by atoms with E-state index in [0.29, 0.717) is 11.7 Å². The van der Waals surface area contributed by atoms with Crippen LogP contribution in [0.2, 0.25) is 0 Å². The Labute approximate surface area is 139 Å². The molecule has 4 nitrogen and oxygen atoms in total. The number of benzene rings is 2. The van der Waals surface area contributed by atoms with E-state index in [9.17, 15) is 4.39 Å². The second-order valence-electron chi connectivity index (χ2n) is 4.55. The second kappa shape index (κ2) is 7.24. The molecule has 22 heavy (non-hydrogen) atoms. The predicted molar refractivity (Wildman–Crippen MR) is 92.9 cm³/mol. The average molecular weight is 341 g/mol. The Morgan fingerprint density at radius 3 is 2.45 bits per heavy atom. The minimum Gasteiger partial charge on any atom is -0.387 e. The van der Waals surface area contributed by atoms with Crippen LogP contribution in [0.4, 0.5) is 10.1 Å². The number of rotatable bonds is 2. The van der Waals surface area contributed by atoms with Crippen molar-refractivity contribution in [3.8, 4) is 11.4 Å². The van der Waals surface area contributed by atoms with E-state index in [1.807, 2.05) is 18.2 Å². The molecular weight excluding hydrogens is 326 g/mol. The van der Waals surface area contributed by atoms with Gasteiger partial charge in [0, 0.05) is 5.56 Å². The zero-order chi connectivity index (χ0) is 14.1. The summed E-state index contributed by atoms with van der Waals surface area (Å²) in [6.45, 7) is 1.74. The van der Waals surface area contributed by atoms with E-state index in [1.165, 1.54) is 12.1 Å². The first-order valence-electron chi connectivity index (χ1n) is 6.18. The molecule has 3 aromatic rings. The third kappa shape index (κ3) is 3.75. The van der Waals surface area contributed by atoms with Crippen LogP contribution < -0.4 is 5.73 Å². The zero-order valence-electron chi connectivity index (χ0n) is 11.7. The van der Waals surface area contributed by atoms with Crippen LogP contribution in [-0.2, 0) is 0 Å². The molecule has 3 N–H and O–H groups in total. The average Bonchev–Trinajstić information content (AvgIpc) is 2.81. The summed E-state index contributed by atoms with van der Waals surface area (Å²) in [5.74, 6) is 0.938. The van der Waals surface area contributed by atoms with Gasteiger partial charge in [-0.3, -0.25) is 0 Å². The van der Waals surface area contributed by atoms with Crippen LogP contribution in [0.25, 0.3) is 22.4 Å². The molecule has 1 heterocycles. The van der Waals surface area contributed by atoms with E-state index in [4.69, 9.17) is 5.73 Å². The van der Waals surface area contributed by atoms with Gasteiger partial charge in [-0.05, 0) is 49.4 Å². The van der Waals surface area contributed by atoms with E-state index >= 15 is 0 Å². The highest BCUT2D eigenvalue weighted by atomic mass is 35.5. The van der Waals surface area contributed by atoms with Crippen LogP contribution in [0.3, 0.4) is 0 Å². The fraction of sp³-hybridized carbons (Fsp3) is 0.0667. The Bertz CT molecular complexity index is 793. The van der Waals surface area contributed by atoms with E-state index in [0.717, 1.165) is 22.3 Å². The summed E-state index contributed by atoms with van der Waals surface area (Å²) < 4.78 is 12.9. The van der Waals surface area contributed by atoms with Crippen molar-refractivity contribution in [2.24, 2.45) is 10.7 Å². The molecule has 0 bridgehead atoms. The standard InChI is InChI=1S/C15H13FN4.2ClH/c1-9(17)18-12-6-7-13-14(8-12)20-15(19-13)10-2-4-11(16)5-3-10;;/h2-8H,1H3,(H2,17,18)(H,19,20);2*1H. The highest BCUT2D eigenvalue weighted by Gasteiger charge is 2.06. The molecule has 0 saturated carbocycles. The summed E-state index contributed by atoms with van der Waals surface area (Å²) in [5, 5.41) is 0. The maximum atomic E-state index is 12.9. The quantitative estimate of drug-likeness (QED) is 0.541. The monoisotopic (exact) mass is 340 g/mol. The van der Waals surface area contributed by atoms with Crippen molar-refractivity contribution in [1.29, 1.82) is 0 Å². The Morgan fingerprint density at radius 1 is 1.14 bits per heavy atom. The lowest BCUT2D eigenvalue weighted by molar-refractivity contribution is 0.628. The smallest absolute Gasteiger partial charge is 0.138 e. The van der Waals surface area contributed by atoms with Crippen LogP contribution >= 0.6 is 24.8 Å². The molecule has 0 fully saturated rings. The molecule has 0 aliphatic rings. The van der Waals surface area contributed by atoms with Gasteiger partial charge < -0.3 is 10.7 Å². The Kier molecular flexibility index (Phi) is 5.91. The van der Waals surface area contributed by atoms with E-state index < -0.39 is 0 Å². The van der Waals surface area contributed by atoms with Crippen molar-refractivity contribution >= 4 is 47.4 Å². The van der Waals surface area contributed by atoms with Crippen LogP contribution in [0, 0.1) is 5.82 Å². The molecule has 7 heteroatoms. The van der Waals surface area contributed by atoms with Gasteiger partial charge in [-0.2, -0.15) is 0 Å². The summed E-state index contributed by atoms with van der Waals surface area (Å²) in [6, 6.07) is 11.8. The van der Waals surface area contributed by atoms with Crippen LogP contribution in [0.1, 0.15) is 6.92 Å². The molecule has 0 aliphatic heterocycles. The summed E-state index contributed by atoms with van der Waals surface area (Å²) in [4.78, 5) is 11.9. The number of H-pyrrole nitrogens is 1. The number of nitrogens with two attached hydrogens (primary N) is 1. The minimum absolute atomic E-state index is 0. The first-order valence-corrected chi connectivity index (χ1v) is 6.18. The number of halogens is 3. The van der Waals surface area contributed by atoms with Gasteiger partial charge in [-0.25, -0.2) is 14.4 Å². The van der Waals surface area contributed by atoms with Gasteiger partial charge in [0.15, 0.2) is 0 Å². The topological polar surface area (TPSA) is 67.1 Å². The van der Waals surface area contributed by atoms with Crippen molar-refractivity contribution in [1.82, 2.24) is 9.97 Å². The van der Waals surface area contributed by atoms with Crippen molar-refractivity contribution in [2.45, 2.75) is 6.92 Å². The summed E-state index contributed by atoms with van der Waals surface area (Å²) in [5.41, 5.74) is 8.87. The molecule has 116 valence electrons. The lowest BCUT2D eigenvalue weighted by Crippen LogP contribution is -2.03. The number of nitrogens with one attached hydrogen (secondary N) is 1.